The van der Waals surface area contributed by atoms with Crippen LogP contribution in [0.2, 0.25) is 0 Å². The molecule has 6 heteroatoms. The summed E-state index contributed by atoms with van der Waals surface area (Å²) in [5.41, 5.74) is 1.09. The highest BCUT2D eigenvalue weighted by atomic mass is 32.2. The molecule has 1 unspecified atom stereocenters. The molecule has 1 aromatic carbocycles. The zero-order valence-corrected chi connectivity index (χ0v) is 12.2. The van der Waals surface area contributed by atoms with E-state index in [1.54, 1.807) is 7.11 Å². The summed E-state index contributed by atoms with van der Waals surface area (Å²) < 4.78 is 27.0. The molecule has 5 nitrogen and oxygen atoms in total. The van der Waals surface area contributed by atoms with E-state index in [1.807, 2.05) is 24.3 Å². The van der Waals surface area contributed by atoms with E-state index < -0.39 is 10.0 Å². The summed E-state index contributed by atoms with van der Waals surface area (Å²) in [5, 5.41) is 8.30. The molecule has 0 bridgehead atoms. The number of benzene rings is 1. The topological polar surface area (TPSA) is 81.4 Å². The number of nitrogens with one attached hydrogen (secondary N) is 1. The van der Waals surface area contributed by atoms with Crippen LogP contribution < -0.4 is 15.2 Å². The molecule has 0 aliphatic rings. The average Bonchev–Trinajstić information content (AvgIpc) is 2.38. The Morgan fingerprint density at radius 2 is 2.05 bits per heavy atom. The average molecular weight is 286 g/mol. The smallest absolute Gasteiger partial charge is 0.209 e. The van der Waals surface area contributed by atoms with Crippen molar-refractivity contribution in [2.24, 2.45) is 5.14 Å². The lowest BCUT2D eigenvalue weighted by Gasteiger charge is -2.19. The maximum absolute atomic E-state index is 10.8. The van der Waals surface area contributed by atoms with E-state index in [0.717, 1.165) is 17.7 Å². The van der Waals surface area contributed by atoms with E-state index in [1.165, 1.54) is 0 Å². The summed E-state index contributed by atoms with van der Waals surface area (Å²) in [6, 6.07) is 7.98. The molecule has 19 heavy (non-hydrogen) atoms. The van der Waals surface area contributed by atoms with Gasteiger partial charge in [0.25, 0.3) is 0 Å². The number of hydrogen-bond donors (Lipinski definition) is 2. The minimum absolute atomic E-state index is 0.00234. The molecule has 1 aromatic rings. The van der Waals surface area contributed by atoms with Crippen molar-refractivity contribution >= 4 is 10.0 Å². The van der Waals surface area contributed by atoms with Gasteiger partial charge in [-0.15, -0.1) is 0 Å². The van der Waals surface area contributed by atoms with Gasteiger partial charge in [0.1, 0.15) is 5.75 Å². The number of sulfonamides is 1. The van der Waals surface area contributed by atoms with E-state index in [4.69, 9.17) is 9.88 Å². The van der Waals surface area contributed by atoms with Gasteiger partial charge >= 0.3 is 0 Å². The van der Waals surface area contributed by atoms with Gasteiger partial charge in [-0.3, -0.25) is 0 Å². The molecule has 0 aliphatic carbocycles. The molecule has 0 aromatic heterocycles. The SMILES string of the molecule is CCC(NCCCS(N)(=O)=O)c1ccccc1OC. The Hall–Kier alpha value is -1.11. The Morgan fingerprint density at radius 3 is 2.63 bits per heavy atom. The Morgan fingerprint density at radius 1 is 1.37 bits per heavy atom. The van der Waals surface area contributed by atoms with Crippen LogP contribution in [0.4, 0.5) is 0 Å². The molecule has 0 fully saturated rings. The van der Waals surface area contributed by atoms with Crippen LogP contribution >= 0.6 is 0 Å². The third-order valence-electron chi connectivity index (χ3n) is 2.92. The predicted molar refractivity (Wildman–Crippen MR) is 76.6 cm³/mol. The Kier molecular flexibility index (Phi) is 6.27. The predicted octanol–water partition coefficient (Wildman–Crippen LogP) is 1.41. The fourth-order valence-corrected chi connectivity index (χ4v) is 2.52. The van der Waals surface area contributed by atoms with Crippen molar-refractivity contribution in [3.05, 3.63) is 29.8 Å². The molecule has 0 radical (unpaired) electrons. The van der Waals surface area contributed by atoms with E-state index >= 15 is 0 Å². The molecular weight excluding hydrogens is 264 g/mol. The van der Waals surface area contributed by atoms with Crippen LogP contribution in [0.1, 0.15) is 31.4 Å². The molecule has 0 spiro atoms. The first-order valence-corrected chi connectivity index (χ1v) is 8.06. The third kappa shape index (κ3) is 5.59. The quantitative estimate of drug-likeness (QED) is 0.708. The second-order valence-corrected chi connectivity index (χ2v) is 6.11. The second-order valence-electron chi connectivity index (χ2n) is 4.38. The number of ether oxygens (including phenoxy) is 1. The van der Waals surface area contributed by atoms with Gasteiger partial charge in [0.2, 0.25) is 10.0 Å². The molecule has 0 aliphatic heterocycles. The van der Waals surface area contributed by atoms with Crippen LogP contribution in [0.3, 0.4) is 0 Å². The van der Waals surface area contributed by atoms with E-state index in [9.17, 15) is 8.42 Å². The monoisotopic (exact) mass is 286 g/mol. The van der Waals surface area contributed by atoms with Crippen LogP contribution in [-0.4, -0.2) is 27.8 Å². The number of para-hydroxylation sites is 1. The lowest BCUT2D eigenvalue weighted by Crippen LogP contribution is -2.25. The maximum Gasteiger partial charge on any atom is 0.209 e. The lowest BCUT2D eigenvalue weighted by molar-refractivity contribution is 0.397. The molecule has 0 saturated heterocycles. The van der Waals surface area contributed by atoms with Crippen molar-refractivity contribution in [3.63, 3.8) is 0 Å². The highest BCUT2D eigenvalue weighted by Gasteiger charge is 2.13. The van der Waals surface area contributed by atoms with Crippen molar-refractivity contribution in [1.29, 1.82) is 0 Å². The van der Waals surface area contributed by atoms with Gasteiger partial charge in [-0.25, -0.2) is 13.6 Å². The standard InChI is InChI=1S/C13H22N2O3S/c1-3-12(15-9-6-10-19(14,16)17)11-7-4-5-8-13(11)18-2/h4-5,7-8,12,15H,3,6,9-10H2,1-2H3,(H2,14,16,17). The van der Waals surface area contributed by atoms with Gasteiger partial charge in [0.15, 0.2) is 0 Å². The first-order chi connectivity index (χ1) is 8.98. The minimum atomic E-state index is -3.37. The maximum atomic E-state index is 10.8. The van der Waals surface area contributed by atoms with Crippen LogP contribution in [0.5, 0.6) is 5.75 Å². The van der Waals surface area contributed by atoms with Crippen LogP contribution in [0.15, 0.2) is 24.3 Å². The van der Waals surface area contributed by atoms with Crippen LogP contribution in [0.25, 0.3) is 0 Å². The van der Waals surface area contributed by atoms with E-state index in [2.05, 4.69) is 12.2 Å². The Bertz CT molecular complexity index is 488. The molecule has 0 amide bonds. The van der Waals surface area contributed by atoms with E-state index in [-0.39, 0.29) is 11.8 Å². The summed E-state index contributed by atoms with van der Waals surface area (Å²) in [7, 11) is -1.73. The zero-order chi connectivity index (χ0) is 14.3. The molecule has 0 saturated carbocycles. The van der Waals surface area contributed by atoms with Gasteiger partial charge in [0.05, 0.1) is 12.9 Å². The van der Waals surface area contributed by atoms with Gasteiger partial charge < -0.3 is 10.1 Å². The summed E-state index contributed by atoms with van der Waals surface area (Å²) in [4.78, 5) is 0. The van der Waals surface area contributed by atoms with Crippen LogP contribution in [-0.2, 0) is 10.0 Å². The second kappa shape index (κ2) is 7.47. The molecule has 1 rings (SSSR count). The Labute approximate surface area is 115 Å². The molecule has 3 N–H and O–H groups in total. The van der Waals surface area contributed by atoms with Crippen molar-refractivity contribution in [2.75, 3.05) is 19.4 Å². The Balaban J connectivity index is 2.58. The first-order valence-electron chi connectivity index (χ1n) is 6.34. The number of primary sulfonamides is 1. The number of hydrogen-bond acceptors (Lipinski definition) is 4. The molecule has 108 valence electrons. The largest absolute Gasteiger partial charge is 0.496 e. The van der Waals surface area contributed by atoms with Gasteiger partial charge in [-0.2, -0.15) is 0 Å². The lowest BCUT2D eigenvalue weighted by atomic mass is 10.0. The first kappa shape index (κ1) is 15.9. The van der Waals surface area contributed by atoms with Crippen molar-refractivity contribution < 1.29 is 13.2 Å². The molecule has 0 heterocycles. The summed E-state index contributed by atoms with van der Waals surface area (Å²) in [5.74, 6) is 0.843. The van der Waals surface area contributed by atoms with Gasteiger partial charge in [-0.05, 0) is 25.5 Å². The van der Waals surface area contributed by atoms with E-state index in [0.29, 0.717) is 13.0 Å². The minimum Gasteiger partial charge on any atom is -0.496 e. The van der Waals surface area contributed by atoms with Crippen LogP contribution in [0, 0.1) is 0 Å². The number of nitrogens with two attached hydrogens (primary N) is 1. The van der Waals surface area contributed by atoms with Gasteiger partial charge in [0, 0.05) is 11.6 Å². The highest BCUT2D eigenvalue weighted by molar-refractivity contribution is 7.89. The van der Waals surface area contributed by atoms with Crippen molar-refractivity contribution in [1.82, 2.24) is 5.32 Å². The molecule has 1 atom stereocenters. The van der Waals surface area contributed by atoms with Gasteiger partial charge in [-0.1, -0.05) is 25.1 Å². The summed E-state index contributed by atoms with van der Waals surface area (Å²) >= 11 is 0. The fraction of sp³-hybridized carbons (Fsp3) is 0.538. The van der Waals surface area contributed by atoms with Crippen molar-refractivity contribution in [3.8, 4) is 5.75 Å². The van der Waals surface area contributed by atoms with Crippen molar-refractivity contribution in [2.45, 2.75) is 25.8 Å². The zero-order valence-electron chi connectivity index (χ0n) is 11.4. The number of methoxy groups -OCH3 is 1. The summed E-state index contributed by atoms with van der Waals surface area (Å²) in [6.45, 7) is 2.68. The number of rotatable bonds is 8. The molecular formula is C13H22N2O3S. The highest BCUT2D eigenvalue weighted by Crippen LogP contribution is 2.26. The normalized spacial score (nSPS) is 13.2. The fourth-order valence-electron chi connectivity index (χ4n) is 1.98. The summed E-state index contributed by atoms with van der Waals surface area (Å²) in [6.07, 6.45) is 1.40. The third-order valence-corrected chi connectivity index (χ3v) is 3.78.